The Hall–Kier alpha value is -1.53. The normalized spacial score (nSPS) is 31.2. The summed E-state index contributed by atoms with van der Waals surface area (Å²) in [5.41, 5.74) is 0.276. The molecule has 2 fully saturated rings. The molecule has 1 aromatic rings. The van der Waals surface area contributed by atoms with Crippen molar-refractivity contribution < 1.29 is 18.7 Å². The summed E-state index contributed by atoms with van der Waals surface area (Å²) < 4.78 is 26.8. The van der Waals surface area contributed by atoms with Crippen LogP contribution >= 0.6 is 0 Å². The number of aliphatic hydroxyl groups excluding tert-OH is 1. The van der Waals surface area contributed by atoms with Crippen LogP contribution in [0.2, 0.25) is 0 Å². The second-order valence-corrected chi connectivity index (χ2v) is 5.85. The number of nitrogens with one attached hydrogen (secondary N) is 2. The summed E-state index contributed by atoms with van der Waals surface area (Å²) in [6, 6.07) is 3.33. The Morgan fingerprint density at radius 2 is 2.19 bits per heavy atom. The third kappa shape index (κ3) is 3.06. The number of β-amino-alcohol motifs (C(OH)–C–C–N with tert-alkyl or cyclic N) is 1. The summed E-state index contributed by atoms with van der Waals surface area (Å²) in [5, 5.41) is 15.5. The Labute approximate surface area is 121 Å². The lowest BCUT2D eigenvalue weighted by Gasteiger charge is -2.14. The lowest BCUT2D eigenvalue weighted by Crippen LogP contribution is -2.35. The van der Waals surface area contributed by atoms with Gasteiger partial charge in [-0.1, -0.05) is 0 Å². The van der Waals surface area contributed by atoms with E-state index in [-0.39, 0.29) is 29.2 Å². The molecule has 6 heteroatoms. The van der Waals surface area contributed by atoms with E-state index in [1.54, 1.807) is 0 Å². The fourth-order valence-electron chi connectivity index (χ4n) is 2.92. The van der Waals surface area contributed by atoms with Crippen LogP contribution in [0.1, 0.15) is 17.9 Å². The number of hydrogen-bond acceptors (Lipinski definition) is 3. The van der Waals surface area contributed by atoms with E-state index in [9.17, 15) is 18.7 Å². The Bertz CT molecular complexity index is 552. The monoisotopic (exact) mass is 296 g/mol. The van der Waals surface area contributed by atoms with Crippen LogP contribution in [0.3, 0.4) is 0 Å². The Morgan fingerprint density at radius 1 is 1.38 bits per heavy atom. The first-order chi connectivity index (χ1) is 10.1. The van der Waals surface area contributed by atoms with E-state index in [0.29, 0.717) is 26.1 Å². The summed E-state index contributed by atoms with van der Waals surface area (Å²) >= 11 is 0. The fourth-order valence-corrected chi connectivity index (χ4v) is 2.92. The maximum absolute atomic E-state index is 13.6. The lowest BCUT2D eigenvalue weighted by molar-refractivity contribution is -0.122. The zero-order valence-corrected chi connectivity index (χ0v) is 11.5. The van der Waals surface area contributed by atoms with Crippen LogP contribution in [-0.2, 0) is 4.79 Å². The average Bonchev–Trinajstić information content (AvgIpc) is 3.15. The third-order valence-electron chi connectivity index (χ3n) is 4.33. The number of rotatable bonds is 4. The molecule has 114 valence electrons. The third-order valence-corrected chi connectivity index (χ3v) is 4.33. The molecule has 1 amide bonds. The van der Waals surface area contributed by atoms with E-state index in [1.807, 2.05) is 0 Å². The molecule has 0 aromatic heterocycles. The van der Waals surface area contributed by atoms with Gasteiger partial charge in [0.2, 0.25) is 5.91 Å². The average molecular weight is 296 g/mol. The standard InChI is InChI=1S/C15H18F2N2O2/c16-9-1-2-13(17)11(3-9)10-4-12(10)15(21)19-6-8-5-18-7-14(8)20/h1-3,8,10,12,14,18,20H,4-7H2,(H,19,21). The van der Waals surface area contributed by atoms with Crippen LogP contribution in [0, 0.1) is 23.5 Å². The van der Waals surface area contributed by atoms with Crippen LogP contribution in [-0.4, -0.2) is 36.8 Å². The van der Waals surface area contributed by atoms with E-state index < -0.39 is 17.7 Å². The first-order valence-electron chi connectivity index (χ1n) is 7.17. The highest BCUT2D eigenvalue weighted by molar-refractivity contribution is 5.82. The molecule has 21 heavy (non-hydrogen) atoms. The van der Waals surface area contributed by atoms with Crippen LogP contribution in [0.5, 0.6) is 0 Å². The summed E-state index contributed by atoms with van der Waals surface area (Å²) in [7, 11) is 0. The summed E-state index contributed by atoms with van der Waals surface area (Å²) in [6.07, 6.45) is 0.0958. The molecule has 0 spiro atoms. The van der Waals surface area contributed by atoms with Crippen LogP contribution < -0.4 is 10.6 Å². The largest absolute Gasteiger partial charge is 0.391 e. The van der Waals surface area contributed by atoms with Crippen LogP contribution in [0.15, 0.2) is 18.2 Å². The van der Waals surface area contributed by atoms with Crippen molar-refractivity contribution in [2.45, 2.75) is 18.4 Å². The van der Waals surface area contributed by atoms with Crippen molar-refractivity contribution in [2.75, 3.05) is 19.6 Å². The Morgan fingerprint density at radius 3 is 2.90 bits per heavy atom. The number of carbonyl (C=O) groups is 1. The van der Waals surface area contributed by atoms with Crippen molar-refractivity contribution in [1.29, 1.82) is 0 Å². The van der Waals surface area contributed by atoms with Crippen molar-refractivity contribution in [3.8, 4) is 0 Å². The molecule has 1 saturated carbocycles. The minimum atomic E-state index is -0.488. The molecular weight excluding hydrogens is 278 g/mol. The summed E-state index contributed by atoms with van der Waals surface area (Å²) in [5.74, 6) is -1.63. The van der Waals surface area contributed by atoms with Gasteiger partial charge in [0.15, 0.2) is 0 Å². The van der Waals surface area contributed by atoms with Crippen molar-refractivity contribution in [1.82, 2.24) is 10.6 Å². The van der Waals surface area contributed by atoms with Gasteiger partial charge in [-0.05, 0) is 36.1 Å². The summed E-state index contributed by atoms with van der Waals surface area (Å²) in [6.45, 7) is 1.62. The molecule has 1 aromatic carbocycles. The highest BCUT2D eigenvalue weighted by Gasteiger charge is 2.45. The smallest absolute Gasteiger partial charge is 0.223 e. The summed E-state index contributed by atoms with van der Waals surface area (Å²) in [4.78, 5) is 12.0. The van der Waals surface area contributed by atoms with Crippen molar-refractivity contribution in [3.63, 3.8) is 0 Å². The number of benzene rings is 1. The molecule has 0 bridgehead atoms. The van der Waals surface area contributed by atoms with E-state index in [0.717, 1.165) is 18.2 Å². The molecule has 2 aliphatic rings. The van der Waals surface area contributed by atoms with E-state index in [4.69, 9.17) is 0 Å². The first-order valence-corrected chi connectivity index (χ1v) is 7.17. The van der Waals surface area contributed by atoms with Crippen molar-refractivity contribution in [3.05, 3.63) is 35.4 Å². The van der Waals surface area contributed by atoms with Gasteiger partial charge in [0.1, 0.15) is 11.6 Å². The van der Waals surface area contributed by atoms with E-state index >= 15 is 0 Å². The van der Waals surface area contributed by atoms with E-state index in [1.165, 1.54) is 0 Å². The van der Waals surface area contributed by atoms with Gasteiger partial charge in [-0.25, -0.2) is 8.78 Å². The predicted molar refractivity (Wildman–Crippen MR) is 72.6 cm³/mol. The molecule has 3 N–H and O–H groups in total. The maximum Gasteiger partial charge on any atom is 0.223 e. The highest BCUT2D eigenvalue weighted by atomic mass is 19.1. The number of aliphatic hydroxyl groups is 1. The Balaban J connectivity index is 1.55. The lowest BCUT2D eigenvalue weighted by atomic mass is 10.1. The van der Waals surface area contributed by atoms with Crippen LogP contribution in [0.4, 0.5) is 8.78 Å². The Kier molecular flexibility index (Phi) is 3.91. The number of carbonyl (C=O) groups excluding carboxylic acids is 1. The number of amides is 1. The quantitative estimate of drug-likeness (QED) is 0.769. The zero-order valence-electron chi connectivity index (χ0n) is 11.5. The van der Waals surface area contributed by atoms with Crippen molar-refractivity contribution >= 4 is 5.91 Å². The first kappa shape index (κ1) is 14.4. The molecule has 4 nitrogen and oxygen atoms in total. The molecular formula is C15H18F2N2O2. The van der Waals surface area contributed by atoms with Gasteiger partial charge in [-0.3, -0.25) is 4.79 Å². The molecule has 4 unspecified atom stereocenters. The van der Waals surface area contributed by atoms with Crippen molar-refractivity contribution in [2.24, 2.45) is 11.8 Å². The highest BCUT2D eigenvalue weighted by Crippen LogP contribution is 2.48. The molecule has 1 aliphatic carbocycles. The van der Waals surface area contributed by atoms with Gasteiger partial charge in [-0.2, -0.15) is 0 Å². The number of hydrogen-bond donors (Lipinski definition) is 3. The van der Waals surface area contributed by atoms with Gasteiger partial charge < -0.3 is 15.7 Å². The molecule has 1 heterocycles. The molecule has 1 aliphatic heterocycles. The maximum atomic E-state index is 13.6. The zero-order chi connectivity index (χ0) is 15.0. The molecule has 4 atom stereocenters. The number of halogens is 2. The SMILES string of the molecule is O=C(NCC1CNCC1O)C1CC1c1cc(F)ccc1F. The topological polar surface area (TPSA) is 61.4 Å². The second kappa shape index (κ2) is 5.69. The van der Waals surface area contributed by atoms with Gasteiger partial charge in [-0.15, -0.1) is 0 Å². The van der Waals surface area contributed by atoms with Gasteiger partial charge >= 0.3 is 0 Å². The van der Waals surface area contributed by atoms with E-state index in [2.05, 4.69) is 10.6 Å². The fraction of sp³-hybridized carbons (Fsp3) is 0.533. The molecule has 0 radical (unpaired) electrons. The molecule has 3 rings (SSSR count). The van der Waals surface area contributed by atoms with Gasteiger partial charge in [0.05, 0.1) is 6.10 Å². The second-order valence-electron chi connectivity index (χ2n) is 5.85. The minimum Gasteiger partial charge on any atom is -0.391 e. The molecule has 1 saturated heterocycles. The minimum absolute atomic E-state index is 0.0112. The van der Waals surface area contributed by atoms with Crippen LogP contribution in [0.25, 0.3) is 0 Å². The predicted octanol–water partition coefficient (Wildman–Crippen LogP) is 0.765. The van der Waals surface area contributed by atoms with Gasteiger partial charge in [0.25, 0.3) is 0 Å². The van der Waals surface area contributed by atoms with Gasteiger partial charge in [0, 0.05) is 31.5 Å².